The maximum absolute atomic E-state index is 16.9. The third kappa shape index (κ3) is 8.18. The summed E-state index contributed by atoms with van der Waals surface area (Å²) in [5.74, 6) is -0.781. The van der Waals surface area contributed by atoms with Crippen LogP contribution in [0, 0.1) is 5.82 Å². The van der Waals surface area contributed by atoms with Crippen molar-refractivity contribution in [2.45, 2.75) is 70.9 Å². The van der Waals surface area contributed by atoms with Crippen LogP contribution >= 0.6 is 0 Å². The van der Waals surface area contributed by atoms with E-state index < -0.39 is 28.9 Å². The van der Waals surface area contributed by atoms with Gasteiger partial charge in [-0.1, -0.05) is 31.2 Å². The number of aromatic nitrogens is 5. The van der Waals surface area contributed by atoms with Crippen molar-refractivity contribution < 1.29 is 28.3 Å². The second kappa shape index (κ2) is 18.5. The number of methoxy groups -OCH3 is 1. The minimum atomic E-state index is -0.857. The van der Waals surface area contributed by atoms with Crippen LogP contribution in [0.3, 0.4) is 0 Å². The molecule has 3 aromatic heterocycles. The molecular formula is C53H56FN11O6. The molecule has 17 nitrogen and oxygen atoms in total. The number of ether oxygens (including phenoxy) is 1. The summed E-state index contributed by atoms with van der Waals surface area (Å²) in [6.45, 7) is 11.4. The molecule has 6 aromatic rings. The van der Waals surface area contributed by atoms with Gasteiger partial charge in [0.2, 0.25) is 17.7 Å². The number of aryl methyl sites for hydroxylation is 1. The summed E-state index contributed by atoms with van der Waals surface area (Å²) in [5, 5.41) is 6.66. The summed E-state index contributed by atoms with van der Waals surface area (Å²) >= 11 is 0. The number of hydrogen-bond acceptors (Lipinski definition) is 11. The highest BCUT2D eigenvalue weighted by Gasteiger charge is 2.50. The molecule has 0 spiro atoms. The Morgan fingerprint density at radius 2 is 1.68 bits per heavy atom. The van der Waals surface area contributed by atoms with E-state index in [0.29, 0.717) is 86.1 Å². The first kappa shape index (κ1) is 47.0. The van der Waals surface area contributed by atoms with Crippen LogP contribution in [0.15, 0.2) is 96.2 Å². The van der Waals surface area contributed by atoms with Gasteiger partial charge in [-0.25, -0.2) is 28.2 Å². The van der Waals surface area contributed by atoms with Crippen LogP contribution in [0.4, 0.5) is 32.1 Å². The molecule has 2 atom stereocenters. The molecule has 1 N–H and O–H groups in total. The van der Waals surface area contributed by atoms with E-state index in [9.17, 15) is 24.0 Å². The number of hydrogen-bond donors (Lipinski definition) is 1. The van der Waals surface area contributed by atoms with Crippen molar-refractivity contribution in [1.82, 2.24) is 34.5 Å². The quantitative estimate of drug-likeness (QED) is 0.142. The number of imide groups is 1. The topological polar surface area (TPSA) is 171 Å². The number of pyridine rings is 2. The van der Waals surface area contributed by atoms with Gasteiger partial charge in [0.05, 0.1) is 35.8 Å². The number of rotatable bonds is 12. The van der Waals surface area contributed by atoms with E-state index in [-0.39, 0.29) is 42.7 Å². The zero-order valence-corrected chi connectivity index (χ0v) is 40.7. The van der Waals surface area contributed by atoms with Gasteiger partial charge in [-0.3, -0.25) is 44.3 Å². The lowest BCUT2D eigenvalue weighted by molar-refractivity contribution is -0.136. The summed E-state index contributed by atoms with van der Waals surface area (Å²) in [6.07, 6.45) is 6.69. The van der Waals surface area contributed by atoms with Gasteiger partial charge >= 0.3 is 17.7 Å². The van der Waals surface area contributed by atoms with Gasteiger partial charge in [0, 0.05) is 82.4 Å². The van der Waals surface area contributed by atoms with Crippen LogP contribution in [0.2, 0.25) is 0 Å². The van der Waals surface area contributed by atoms with Gasteiger partial charge < -0.3 is 9.64 Å². The van der Waals surface area contributed by atoms with Gasteiger partial charge in [0.15, 0.2) is 0 Å². The van der Waals surface area contributed by atoms with Gasteiger partial charge in [0.25, 0.3) is 0 Å². The highest BCUT2D eigenvalue weighted by atomic mass is 19.1. The average Bonchev–Trinajstić information content (AvgIpc) is 3.96. The summed E-state index contributed by atoms with van der Waals surface area (Å²) in [5.41, 5.74) is 6.70. The highest BCUT2D eigenvalue weighted by molar-refractivity contribution is 6.14. The predicted molar refractivity (Wildman–Crippen MR) is 268 cm³/mol. The molecule has 0 radical (unpaired) electrons. The molecule has 7 heterocycles. The molecule has 3 saturated heterocycles. The van der Waals surface area contributed by atoms with E-state index in [1.165, 1.54) is 16.4 Å². The molecule has 1 unspecified atom stereocenters. The Balaban J connectivity index is 0.919. The Bertz CT molecular complexity index is 3170. The smallest absolute Gasteiger partial charge is 0.353 e. The molecule has 10 rings (SSSR count). The molecule has 366 valence electrons. The van der Waals surface area contributed by atoms with E-state index in [4.69, 9.17) is 9.72 Å². The number of halogens is 1. The lowest BCUT2D eigenvalue weighted by atomic mass is 9.82. The van der Waals surface area contributed by atoms with Gasteiger partial charge in [0.1, 0.15) is 17.7 Å². The standard InChI is InChI=1S/C53H56FN11O6/c1-7-37-39(19-22-56-47(37)63-27-26-62(52(63)70)36-11-9-21-55-30-36)38-15-14-35(64-50(71-6)58-59(5)51(64)69)29-40(38)34-13-16-42(41(54)28-34)61-25-24-60(32(2)31-61)23-20-33-10-8-12-43-46(33)53(3,4)49(68)65(43)44-17-18-45(66)57-48(44)67/h8-16,19,21-22,28-30,32,44H,7,17-18,20,23-27,31H2,1-6H3,(H,57,66,67)/t32-,44?/m0/s1. The predicted octanol–water partition coefficient (Wildman–Crippen LogP) is 6.03. The zero-order chi connectivity index (χ0) is 49.9. The van der Waals surface area contributed by atoms with Crippen molar-refractivity contribution >= 4 is 46.6 Å². The summed E-state index contributed by atoms with van der Waals surface area (Å²) in [7, 11) is 2.99. The number of piperazine rings is 1. The molecule has 3 fully saturated rings. The Morgan fingerprint density at radius 1 is 0.859 bits per heavy atom. The van der Waals surface area contributed by atoms with E-state index >= 15 is 4.39 Å². The maximum atomic E-state index is 16.9. The number of piperidine rings is 1. The van der Waals surface area contributed by atoms with Gasteiger partial charge in [-0.05, 0) is 122 Å². The number of carbonyl (C=O) groups excluding carboxylic acids is 4. The maximum Gasteiger partial charge on any atom is 0.353 e. The van der Waals surface area contributed by atoms with Crippen LogP contribution in [0.5, 0.6) is 6.01 Å². The van der Waals surface area contributed by atoms with E-state index in [1.807, 2.05) is 75.4 Å². The molecule has 4 aliphatic rings. The number of nitrogens with zero attached hydrogens (tertiary/aromatic N) is 10. The van der Waals surface area contributed by atoms with Crippen LogP contribution in [-0.4, -0.2) is 111 Å². The van der Waals surface area contributed by atoms with Crippen molar-refractivity contribution in [1.29, 1.82) is 0 Å². The second-order valence-corrected chi connectivity index (χ2v) is 19.1. The summed E-state index contributed by atoms with van der Waals surface area (Å²) < 4.78 is 24.9. The number of nitrogens with one attached hydrogen (secondary N) is 1. The first-order valence-electron chi connectivity index (χ1n) is 24.1. The van der Waals surface area contributed by atoms with Crippen molar-refractivity contribution in [2.24, 2.45) is 7.05 Å². The van der Waals surface area contributed by atoms with Gasteiger partial charge in [-0.2, -0.15) is 0 Å². The third-order valence-electron chi connectivity index (χ3n) is 14.6. The van der Waals surface area contributed by atoms with Crippen molar-refractivity contribution in [3.05, 3.63) is 124 Å². The highest BCUT2D eigenvalue weighted by Crippen LogP contribution is 2.46. The average molecular weight is 962 g/mol. The molecule has 5 amide bonds. The Hall–Kier alpha value is -7.73. The lowest BCUT2D eigenvalue weighted by Crippen LogP contribution is -2.55. The first-order chi connectivity index (χ1) is 34.2. The lowest BCUT2D eigenvalue weighted by Gasteiger charge is -2.41. The van der Waals surface area contributed by atoms with Crippen molar-refractivity contribution in [3.8, 4) is 34.0 Å². The second-order valence-electron chi connectivity index (χ2n) is 19.1. The minimum Gasteiger partial charge on any atom is -0.467 e. The van der Waals surface area contributed by atoms with Crippen LogP contribution in [-0.2, 0) is 39.7 Å². The number of carbonyl (C=O) groups is 4. The van der Waals surface area contributed by atoms with Gasteiger partial charge in [-0.15, -0.1) is 5.10 Å². The van der Waals surface area contributed by atoms with Crippen molar-refractivity contribution in [3.63, 3.8) is 0 Å². The summed E-state index contributed by atoms with van der Waals surface area (Å²) in [4.78, 5) is 84.5. The van der Waals surface area contributed by atoms with E-state index in [2.05, 4.69) is 38.2 Å². The molecule has 0 bridgehead atoms. The molecule has 0 saturated carbocycles. The third-order valence-corrected chi connectivity index (χ3v) is 14.6. The van der Waals surface area contributed by atoms with Crippen molar-refractivity contribution in [2.75, 3.05) is 66.0 Å². The summed E-state index contributed by atoms with van der Waals surface area (Å²) in [6, 6.07) is 21.5. The fraction of sp³-hybridized carbons (Fsp3) is 0.358. The monoisotopic (exact) mass is 961 g/mol. The fourth-order valence-electron chi connectivity index (χ4n) is 11.0. The SMILES string of the molecule is CCc1c(-c2ccc(-n3c(OC)nn(C)c3=O)cc2-c2ccc(N3CCN(CCc4cccc5c4C(C)(C)C(=O)N5C4CCC(=O)NC4=O)[C@@H](C)C3)c(F)c2)ccnc1N1CCN(c2cccnc2)C1=O. The number of anilines is 4. The molecule has 4 aliphatic heterocycles. The Morgan fingerprint density at radius 3 is 2.41 bits per heavy atom. The van der Waals surface area contributed by atoms with Crippen LogP contribution in [0.1, 0.15) is 57.2 Å². The Kier molecular flexibility index (Phi) is 12.3. The number of amides is 5. The largest absolute Gasteiger partial charge is 0.467 e. The zero-order valence-electron chi connectivity index (χ0n) is 40.7. The van der Waals surface area contributed by atoms with E-state index in [1.54, 1.807) is 52.5 Å². The van der Waals surface area contributed by atoms with Crippen LogP contribution in [0.25, 0.3) is 27.9 Å². The normalized spacial score (nSPS) is 19.2. The molecule has 3 aromatic carbocycles. The molecular weight excluding hydrogens is 906 g/mol. The number of benzene rings is 3. The fourth-order valence-corrected chi connectivity index (χ4v) is 11.0. The van der Waals surface area contributed by atoms with Crippen LogP contribution < -0.4 is 35.3 Å². The number of urea groups is 1. The Labute approximate surface area is 410 Å². The van der Waals surface area contributed by atoms with E-state index in [0.717, 1.165) is 33.5 Å². The molecule has 0 aliphatic carbocycles. The minimum absolute atomic E-state index is 0.0672. The molecule has 18 heteroatoms. The molecule has 71 heavy (non-hydrogen) atoms. The first-order valence-corrected chi connectivity index (χ1v) is 24.1. The number of fused-ring (bicyclic) bond motifs is 1.